The van der Waals surface area contributed by atoms with Crippen LogP contribution in [0.3, 0.4) is 0 Å². The van der Waals surface area contributed by atoms with E-state index in [1.54, 1.807) is 6.20 Å². The van der Waals surface area contributed by atoms with E-state index in [0.29, 0.717) is 37.7 Å². The zero-order valence-electron chi connectivity index (χ0n) is 15.6. The molecule has 0 atom stereocenters. The Balaban J connectivity index is 0.00000225. The van der Waals surface area contributed by atoms with Gasteiger partial charge in [0.05, 0.1) is 19.8 Å². The summed E-state index contributed by atoms with van der Waals surface area (Å²) in [6.07, 6.45) is 6.37. The Labute approximate surface area is 181 Å². The number of halogens is 1. The van der Waals surface area contributed by atoms with E-state index in [1.165, 1.54) is 6.42 Å². The van der Waals surface area contributed by atoms with Crippen molar-refractivity contribution in [3.8, 4) is 17.4 Å². The Morgan fingerprint density at radius 2 is 1.96 bits per heavy atom. The molecule has 0 amide bonds. The molecular weight excluding hydrogens is 471 g/mol. The average Bonchev–Trinajstić information content (AvgIpc) is 2.88. The van der Waals surface area contributed by atoms with E-state index in [1.807, 2.05) is 30.3 Å². The molecule has 150 valence electrons. The number of ether oxygens (including phenoxy) is 3. The second kappa shape index (κ2) is 9.81. The second-order valence-electron chi connectivity index (χ2n) is 6.71. The zero-order valence-corrected chi connectivity index (χ0v) is 17.9. The first kappa shape index (κ1) is 20.5. The Morgan fingerprint density at radius 1 is 1.14 bits per heavy atom. The summed E-state index contributed by atoms with van der Waals surface area (Å²) < 4.78 is 17.1. The normalized spacial score (nSPS) is 16.4. The quantitative estimate of drug-likeness (QED) is 0.373. The van der Waals surface area contributed by atoms with Gasteiger partial charge in [-0.1, -0.05) is 0 Å². The van der Waals surface area contributed by atoms with Crippen LogP contribution in [-0.4, -0.2) is 30.3 Å². The molecule has 2 heterocycles. The molecule has 8 heteroatoms. The predicted molar refractivity (Wildman–Crippen MR) is 119 cm³/mol. The molecule has 1 aromatic carbocycles. The molecule has 0 saturated heterocycles. The largest absolute Gasteiger partial charge is 0.490 e. The number of pyridine rings is 1. The molecule has 1 aliphatic carbocycles. The summed E-state index contributed by atoms with van der Waals surface area (Å²) in [5.41, 5.74) is 7.84. The standard InChI is InChI=1S/C20H24N4O3.HI/c21-20(24-15-5-6-17-18(12-15)26-10-2-9-25-17)23-13-14-7-8-22-19(11-14)27-16-3-1-4-16;/h5-8,11-12,16H,1-4,9-10,13H2,(H3,21,23,24);1H. The van der Waals surface area contributed by atoms with Crippen molar-refractivity contribution in [2.75, 3.05) is 18.5 Å². The number of hydrogen-bond donors (Lipinski definition) is 2. The van der Waals surface area contributed by atoms with Gasteiger partial charge in [0.15, 0.2) is 17.5 Å². The lowest BCUT2D eigenvalue weighted by Crippen LogP contribution is -2.25. The lowest BCUT2D eigenvalue weighted by atomic mass is 9.96. The highest BCUT2D eigenvalue weighted by atomic mass is 127. The van der Waals surface area contributed by atoms with Gasteiger partial charge in [-0.15, -0.1) is 24.0 Å². The topological polar surface area (TPSA) is 91.0 Å². The van der Waals surface area contributed by atoms with Gasteiger partial charge in [0.25, 0.3) is 0 Å². The minimum atomic E-state index is 0. The third-order valence-electron chi connectivity index (χ3n) is 4.59. The van der Waals surface area contributed by atoms with Crippen LogP contribution in [0.2, 0.25) is 0 Å². The van der Waals surface area contributed by atoms with Crippen molar-refractivity contribution < 1.29 is 14.2 Å². The van der Waals surface area contributed by atoms with Crippen molar-refractivity contribution in [1.82, 2.24) is 4.98 Å². The van der Waals surface area contributed by atoms with Crippen molar-refractivity contribution in [3.05, 3.63) is 42.1 Å². The van der Waals surface area contributed by atoms with E-state index < -0.39 is 0 Å². The first-order valence-corrected chi connectivity index (χ1v) is 9.34. The van der Waals surface area contributed by atoms with Gasteiger partial charge in [-0.25, -0.2) is 9.98 Å². The van der Waals surface area contributed by atoms with Crippen LogP contribution in [0.25, 0.3) is 0 Å². The van der Waals surface area contributed by atoms with E-state index >= 15 is 0 Å². The summed E-state index contributed by atoms with van der Waals surface area (Å²) in [7, 11) is 0. The number of rotatable bonds is 5. The number of nitrogens with two attached hydrogens (primary N) is 1. The Bertz CT molecular complexity index is 827. The molecule has 2 aliphatic rings. The summed E-state index contributed by atoms with van der Waals surface area (Å²) in [5, 5.41) is 3.09. The van der Waals surface area contributed by atoms with Crippen molar-refractivity contribution in [3.63, 3.8) is 0 Å². The summed E-state index contributed by atoms with van der Waals surface area (Å²) >= 11 is 0. The number of aromatic nitrogens is 1. The fraction of sp³-hybridized carbons (Fsp3) is 0.400. The van der Waals surface area contributed by atoms with Crippen LogP contribution in [0.5, 0.6) is 17.4 Å². The fourth-order valence-electron chi connectivity index (χ4n) is 2.88. The van der Waals surface area contributed by atoms with Crippen LogP contribution in [0.4, 0.5) is 5.69 Å². The van der Waals surface area contributed by atoms with E-state index in [0.717, 1.165) is 42.0 Å². The molecule has 0 unspecified atom stereocenters. The molecule has 28 heavy (non-hydrogen) atoms. The molecule has 0 bridgehead atoms. The number of guanidine groups is 1. The molecule has 3 N–H and O–H groups in total. The number of nitrogens with zero attached hydrogens (tertiary/aromatic N) is 2. The Kier molecular flexibility index (Phi) is 7.18. The lowest BCUT2D eigenvalue weighted by molar-refractivity contribution is 0.114. The van der Waals surface area contributed by atoms with Crippen LogP contribution in [-0.2, 0) is 6.54 Å². The molecule has 4 rings (SSSR count). The molecule has 1 aromatic heterocycles. The SMILES string of the molecule is I.NC(=NCc1ccnc(OC2CCC2)c1)Nc1ccc2c(c1)OCCCO2. The van der Waals surface area contributed by atoms with Gasteiger partial charge in [0.2, 0.25) is 5.88 Å². The second-order valence-corrected chi connectivity index (χ2v) is 6.71. The molecule has 0 spiro atoms. The minimum absolute atomic E-state index is 0. The highest BCUT2D eigenvalue weighted by Crippen LogP contribution is 2.32. The monoisotopic (exact) mass is 496 g/mol. The maximum atomic E-state index is 6.03. The van der Waals surface area contributed by atoms with Crippen molar-refractivity contribution in [2.45, 2.75) is 38.3 Å². The molecule has 2 aromatic rings. The van der Waals surface area contributed by atoms with E-state index in [9.17, 15) is 0 Å². The highest BCUT2D eigenvalue weighted by molar-refractivity contribution is 14.0. The third-order valence-corrected chi connectivity index (χ3v) is 4.59. The average molecular weight is 496 g/mol. The highest BCUT2D eigenvalue weighted by Gasteiger charge is 2.19. The lowest BCUT2D eigenvalue weighted by Gasteiger charge is -2.25. The van der Waals surface area contributed by atoms with Gasteiger partial charge in [0, 0.05) is 30.4 Å². The molecule has 1 aliphatic heterocycles. The van der Waals surface area contributed by atoms with Crippen LogP contribution < -0.4 is 25.3 Å². The van der Waals surface area contributed by atoms with Gasteiger partial charge in [-0.3, -0.25) is 0 Å². The van der Waals surface area contributed by atoms with Gasteiger partial charge >= 0.3 is 0 Å². The molecular formula is C20H25IN4O3. The maximum Gasteiger partial charge on any atom is 0.213 e. The molecule has 1 saturated carbocycles. The Hall–Kier alpha value is -2.23. The smallest absolute Gasteiger partial charge is 0.213 e. The summed E-state index contributed by atoms with van der Waals surface area (Å²) in [5.74, 6) is 2.46. The Morgan fingerprint density at radius 3 is 2.75 bits per heavy atom. The van der Waals surface area contributed by atoms with Gasteiger partial charge in [0.1, 0.15) is 6.10 Å². The fourth-order valence-corrected chi connectivity index (χ4v) is 2.88. The summed E-state index contributed by atoms with van der Waals surface area (Å²) in [6.45, 7) is 1.77. The van der Waals surface area contributed by atoms with E-state index in [-0.39, 0.29) is 24.0 Å². The first-order valence-electron chi connectivity index (χ1n) is 9.34. The minimum Gasteiger partial charge on any atom is -0.490 e. The predicted octanol–water partition coefficient (Wildman–Crippen LogP) is 3.72. The number of benzene rings is 1. The van der Waals surface area contributed by atoms with Gasteiger partial charge < -0.3 is 25.3 Å². The summed E-state index contributed by atoms with van der Waals surface area (Å²) in [4.78, 5) is 8.66. The number of fused-ring (bicyclic) bond motifs is 1. The van der Waals surface area contributed by atoms with Crippen LogP contribution in [0.1, 0.15) is 31.2 Å². The van der Waals surface area contributed by atoms with Crippen LogP contribution >= 0.6 is 24.0 Å². The van der Waals surface area contributed by atoms with Crippen LogP contribution in [0, 0.1) is 0 Å². The molecule has 0 radical (unpaired) electrons. The number of nitrogens with one attached hydrogen (secondary N) is 1. The first-order chi connectivity index (χ1) is 13.3. The van der Waals surface area contributed by atoms with Crippen molar-refractivity contribution in [1.29, 1.82) is 0 Å². The van der Waals surface area contributed by atoms with E-state index in [4.69, 9.17) is 19.9 Å². The molecule has 7 nitrogen and oxygen atoms in total. The van der Waals surface area contributed by atoms with Crippen LogP contribution in [0.15, 0.2) is 41.5 Å². The zero-order chi connectivity index (χ0) is 18.5. The third kappa shape index (κ3) is 5.40. The van der Waals surface area contributed by atoms with Gasteiger partial charge in [-0.2, -0.15) is 0 Å². The van der Waals surface area contributed by atoms with Crippen molar-refractivity contribution >= 4 is 35.6 Å². The number of aliphatic imine (C=N–C) groups is 1. The molecule has 1 fully saturated rings. The van der Waals surface area contributed by atoms with E-state index in [2.05, 4.69) is 15.3 Å². The maximum absolute atomic E-state index is 6.03. The number of anilines is 1. The van der Waals surface area contributed by atoms with Crippen molar-refractivity contribution in [2.24, 2.45) is 10.7 Å². The van der Waals surface area contributed by atoms with Gasteiger partial charge in [-0.05, 0) is 43.0 Å². The summed E-state index contributed by atoms with van der Waals surface area (Å²) in [6, 6.07) is 9.48. The number of hydrogen-bond acceptors (Lipinski definition) is 5.